The molecule has 2 aromatic heterocycles. The van der Waals surface area contributed by atoms with Crippen LogP contribution in [0.5, 0.6) is 5.75 Å². The monoisotopic (exact) mass is 1120 g/mol. The van der Waals surface area contributed by atoms with Crippen molar-refractivity contribution in [3.63, 3.8) is 0 Å². The van der Waals surface area contributed by atoms with Crippen LogP contribution in [0.25, 0.3) is 83.9 Å². The van der Waals surface area contributed by atoms with Crippen LogP contribution in [0, 0.1) is 12.9 Å². The zero-order chi connectivity index (χ0) is 62.7. The van der Waals surface area contributed by atoms with E-state index in [1.807, 2.05) is 122 Å². The molecule has 9 rings (SSSR count). The van der Waals surface area contributed by atoms with Gasteiger partial charge in [-0.3, -0.25) is 9.55 Å². The van der Waals surface area contributed by atoms with Crippen molar-refractivity contribution in [3.05, 3.63) is 192 Å². The molecule has 70 heavy (non-hydrogen) atoms. The van der Waals surface area contributed by atoms with E-state index in [4.69, 9.17) is 29.2 Å². The van der Waals surface area contributed by atoms with E-state index < -0.39 is 68.0 Å². The maximum atomic E-state index is 12.7. The number of aromatic hydroxyl groups is 1. The second-order valence-electron chi connectivity index (χ2n) is 20.9. The molecule has 0 saturated carbocycles. The zero-order valence-electron chi connectivity index (χ0n) is 56.8. The largest absolute Gasteiger partial charge is 0.507 e. The van der Waals surface area contributed by atoms with Crippen LogP contribution in [0.1, 0.15) is 133 Å². The van der Waals surface area contributed by atoms with Gasteiger partial charge in [0.1, 0.15) is 11.6 Å². The first-order valence-electron chi connectivity index (χ1n) is 31.0. The van der Waals surface area contributed by atoms with E-state index in [0.717, 1.165) is 22.3 Å². The van der Waals surface area contributed by atoms with Crippen molar-refractivity contribution in [2.75, 3.05) is 0 Å². The minimum atomic E-state index is -3.84. The maximum absolute atomic E-state index is 12.7. The predicted molar refractivity (Wildman–Crippen MR) is 292 cm³/mol. The van der Waals surface area contributed by atoms with Gasteiger partial charge in [-0.1, -0.05) is 214 Å². The molecule has 0 amide bonds. The van der Waals surface area contributed by atoms with Gasteiger partial charge in [-0.05, 0) is 97.8 Å². The second kappa shape index (κ2) is 18.8. The number of phenols is 1. The molecule has 0 unspecified atom stereocenters. The second-order valence-corrected chi connectivity index (χ2v) is 20.9. The molecule has 0 spiro atoms. The van der Waals surface area contributed by atoms with Gasteiger partial charge < -0.3 is 5.11 Å². The number of fused-ring (bicyclic) bond motifs is 1. The number of phenolic OH excluding ortho intramolecular Hbond substituents is 1. The number of imidazole rings is 1. The van der Waals surface area contributed by atoms with E-state index in [9.17, 15) is 7.85 Å². The number of pyridine rings is 1. The van der Waals surface area contributed by atoms with Crippen molar-refractivity contribution in [1.82, 2.24) is 14.5 Å². The van der Waals surface area contributed by atoms with Crippen molar-refractivity contribution in [1.29, 1.82) is 0 Å². The number of para-hydroxylation sites is 1. The van der Waals surface area contributed by atoms with Crippen LogP contribution < -0.4 is 0 Å². The fraction of sp³-hybridized carbons (Fsp3) is 0.262. The van der Waals surface area contributed by atoms with Crippen molar-refractivity contribution < 1.29 is 48.1 Å². The summed E-state index contributed by atoms with van der Waals surface area (Å²) in [5.41, 5.74) is 3.23. The fourth-order valence-electron chi connectivity index (χ4n) is 8.69. The predicted octanol–water partition coefficient (Wildman–Crippen LogP) is 17.4. The summed E-state index contributed by atoms with van der Waals surface area (Å²) in [6, 6.07) is 38.7. The zero-order valence-corrected chi connectivity index (χ0v) is 43.1. The number of hydrogen-bond acceptors (Lipinski definition) is 3. The average molecular weight is 1120 g/mol. The molecular formula is C65H66N3OPt-. The van der Waals surface area contributed by atoms with Crippen LogP contribution in [0.3, 0.4) is 0 Å². The summed E-state index contributed by atoms with van der Waals surface area (Å²) >= 11 is 0. The number of rotatable bonds is 7. The number of aryl methyl sites for hydroxylation is 1. The first-order chi connectivity index (χ1) is 39.2. The summed E-state index contributed by atoms with van der Waals surface area (Å²) in [7, 11) is 0. The third kappa shape index (κ3) is 9.99. The summed E-state index contributed by atoms with van der Waals surface area (Å²) in [5.74, 6) is 0.404. The van der Waals surface area contributed by atoms with Gasteiger partial charge in [0.05, 0.1) is 27.8 Å². The molecule has 7 aromatic carbocycles. The molecular weight excluding hydrogens is 1030 g/mol. The summed E-state index contributed by atoms with van der Waals surface area (Å²) in [5, 5.41) is 12.7. The van der Waals surface area contributed by atoms with Crippen LogP contribution in [0.2, 0.25) is 0 Å². The Morgan fingerprint density at radius 1 is 0.543 bits per heavy atom. The molecule has 0 aliphatic heterocycles. The van der Waals surface area contributed by atoms with Crippen LogP contribution in [-0.4, -0.2) is 19.6 Å². The molecule has 0 radical (unpaired) electrons. The van der Waals surface area contributed by atoms with Gasteiger partial charge in [-0.15, -0.1) is 23.8 Å². The quantitative estimate of drug-likeness (QED) is 0.162. The molecule has 5 heteroatoms. The smallest absolute Gasteiger partial charge is 0.148 e. The third-order valence-electron chi connectivity index (χ3n) is 12.6. The Morgan fingerprint density at radius 2 is 1.24 bits per heavy atom. The van der Waals surface area contributed by atoms with Crippen molar-refractivity contribution in [2.45, 2.75) is 111 Å². The molecule has 2 heterocycles. The number of aromatic nitrogens is 3. The normalized spacial score (nSPS) is 16.4. The molecule has 0 saturated heterocycles. The van der Waals surface area contributed by atoms with Gasteiger partial charge in [0.15, 0.2) is 0 Å². The molecule has 0 aliphatic carbocycles. The van der Waals surface area contributed by atoms with Gasteiger partial charge in [0.25, 0.3) is 0 Å². The van der Waals surface area contributed by atoms with Crippen LogP contribution >= 0.6 is 0 Å². The van der Waals surface area contributed by atoms with E-state index >= 15 is 0 Å². The molecule has 0 fully saturated rings. The molecule has 358 valence electrons. The van der Waals surface area contributed by atoms with Crippen molar-refractivity contribution in [3.8, 4) is 78.6 Å². The standard InChI is InChI=1S/C65H66N3O.Pt/c1-41-22-31-57(53(34-41)44-25-29-50(30-26-44)63(5,6)7)68-58-21-17-20-52(59(58)67-61(68)54-39-51(64(8,9)10)40-55(60(54)69)65(11,12)13)47-35-46(42-18-15-14-16-19-42)36-48(37-47)56-38-45(32-33-66-56)43-23-27-49(28-24-43)62(2,3)4;/h14-36,38-40,69H,1-13H3;/q-1;/i1D3,2D3,3D3,4D3,23D,24D,27D,28D;. The van der Waals surface area contributed by atoms with Crippen LogP contribution in [0.4, 0.5) is 0 Å². The SMILES string of the molecule is [2H]c1c([2H])c(C(C([2H])([2H])[2H])(C([2H])([2H])[2H])C([2H])([2H])[2H])c([2H])c([2H])c1-c1ccnc(-c2[c-]c(-c3cccc4c3nc(-c3cc(C(C)(C)C)cc(C(C)(C)C)c3O)n4-c3ccc(C([2H])([2H])[2H])cc3-c3ccc(C(C)(C)C)cc3)cc(-c3ccccc3)c2)c1.[Pt]. The first-order valence-corrected chi connectivity index (χ1v) is 23.0. The number of nitrogens with zero attached hydrogens (tertiary/aromatic N) is 3. The summed E-state index contributed by atoms with van der Waals surface area (Å²) < 4.78 is 139. The molecule has 9 aromatic rings. The van der Waals surface area contributed by atoms with Crippen LogP contribution in [0.15, 0.2) is 158 Å². The van der Waals surface area contributed by atoms with Crippen molar-refractivity contribution in [2.24, 2.45) is 0 Å². The Hall–Kier alpha value is -6.35. The molecule has 0 atom stereocenters. The summed E-state index contributed by atoms with van der Waals surface area (Å²) in [6.45, 7) is 4.80. The molecule has 1 N–H and O–H groups in total. The van der Waals surface area contributed by atoms with E-state index in [1.165, 1.54) is 18.3 Å². The molecule has 4 nitrogen and oxygen atoms in total. The third-order valence-corrected chi connectivity index (χ3v) is 12.6. The van der Waals surface area contributed by atoms with Gasteiger partial charge in [0.2, 0.25) is 0 Å². The number of benzene rings is 7. The van der Waals surface area contributed by atoms with E-state index in [2.05, 4.69) is 47.6 Å². The van der Waals surface area contributed by atoms with E-state index in [-0.39, 0.29) is 60.0 Å². The maximum Gasteiger partial charge on any atom is 0.148 e. The Labute approximate surface area is 453 Å². The van der Waals surface area contributed by atoms with E-state index in [1.54, 1.807) is 18.2 Å². The Balaban J connectivity index is 0.00000961. The number of hydrogen-bond donors (Lipinski definition) is 1. The van der Waals surface area contributed by atoms with Crippen LogP contribution in [-0.2, 0) is 42.7 Å². The first kappa shape index (κ1) is 33.3. The summed E-state index contributed by atoms with van der Waals surface area (Å²) in [4.78, 5) is 10.2. The molecule has 0 aliphatic rings. The van der Waals surface area contributed by atoms with Gasteiger partial charge in [-0.2, -0.15) is 0 Å². The van der Waals surface area contributed by atoms with Gasteiger partial charge in [0, 0.05) is 60.5 Å². The Morgan fingerprint density at radius 3 is 1.90 bits per heavy atom. The van der Waals surface area contributed by atoms with Gasteiger partial charge >= 0.3 is 0 Å². The average Bonchev–Trinajstić information content (AvgIpc) is 0.717. The minimum absolute atomic E-state index is 0. The van der Waals surface area contributed by atoms with Crippen molar-refractivity contribution >= 4 is 11.0 Å². The summed E-state index contributed by atoms with van der Waals surface area (Å²) in [6.07, 6.45) is 1.38. The van der Waals surface area contributed by atoms with Gasteiger partial charge in [-0.25, -0.2) is 4.98 Å². The van der Waals surface area contributed by atoms with E-state index in [0.29, 0.717) is 61.5 Å². The molecule has 0 bridgehead atoms. The minimum Gasteiger partial charge on any atom is -0.507 e. The topological polar surface area (TPSA) is 50.9 Å². The fourth-order valence-corrected chi connectivity index (χ4v) is 8.69. The Bertz CT molecular complexity index is 4000. The Kier molecular flexibility index (Phi) is 8.92.